The summed E-state index contributed by atoms with van der Waals surface area (Å²) in [6, 6.07) is 5.75. The Morgan fingerprint density at radius 3 is 2.85 bits per heavy atom. The number of thioether (sulfide) groups is 1. The SMILES string of the molecule is CN1C(=O)C2C=CC=CC2Sc2ccc(C(O)NCc3cncnc3)cc21. The van der Waals surface area contributed by atoms with Gasteiger partial charge in [0.25, 0.3) is 0 Å². The Labute approximate surface area is 162 Å². The second-order valence-electron chi connectivity index (χ2n) is 6.53. The Hall–Kier alpha value is -2.48. The van der Waals surface area contributed by atoms with Crippen molar-refractivity contribution in [1.29, 1.82) is 0 Å². The minimum Gasteiger partial charge on any atom is -0.374 e. The van der Waals surface area contributed by atoms with Gasteiger partial charge in [-0.25, -0.2) is 9.97 Å². The fraction of sp³-hybridized carbons (Fsp3) is 0.250. The third-order valence-electron chi connectivity index (χ3n) is 4.74. The first-order valence-corrected chi connectivity index (χ1v) is 9.60. The molecule has 1 aliphatic heterocycles. The number of benzene rings is 1. The first kappa shape index (κ1) is 17.9. The third-order valence-corrected chi connectivity index (χ3v) is 6.06. The van der Waals surface area contributed by atoms with Crippen molar-refractivity contribution < 1.29 is 9.90 Å². The number of hydrogen-bond donors (Lipinski definition) is 2. The van der Waals surface area contributed by atoms with Crippen molar-refractivity contribution in [2.45, 2.75) is 22.9 Å². The number of amides is 1. The van der Waals surface area contributed by atoms with E-state index in [1.54, 1.807) is 36.1 Å². The van der Waals surface area contributed by atoms with Crippen molar-refractivity contribution in [2.75, 3.05) is 11.9 Å². The van der Waals surface area contributed by atoms with Crippen LogP contribution in [0.5, 0.6) is 0 Å². The van der Waals surface area contributed by atoms with E-state index in [1.807, 2.05) is 36.4 Å². The maximum Gasteiger partial charge on any atom is 0.235 e. The molecule has 2 heterocycles. The summed E-state index contributed by atoms with van der Waals surface area (Å²) in [6.07, 6.45) is 12.0. The first-order valence-electron chi connectivity index (χ1n) is 8.72. The zero-order chi connectivity index (χ0) is 18.8. The molecule has 1 aliphatic carbocycles. The van der Waals surface area contributed by atoms with Gasteiger partial charge in [0, 0.05) is 41.7 Å². The fourth-order valence-corrected chi connectivity index (χ4v) is 4.51. The first-order chi connectivity index (χ1) is 13.1. The molecular weight excluding hydrogens is 360 g/mol. The molecule has 0 saturated heterocycles. The van der Waals surface area contributed by atoms with E-state index in [9.17, 15) is 9.90 Å². The Kier molecular flexibility index (Phi) is 5.07. The van der Waals surface area contributed by atoms with Crippen molar-refractivity contribution in [3.05, 3.63) is 72.4 Å². The smallest absolute Gasteiger partial charge is 0.235 e. The largest absolute Gasteiger partial charge is 0.374 e. The van der Waals surface area contributed by atoms with Crippen LogP contribution in [0.1, 0.15) is 17.4 Å². The molecule has 0 spiro atoms. The fourth-order valence-electron chi connectivity index (χ4n) is 3.23. The van der Waals surface area contributed by atoms with Crippen LogP contribution in [0, 0.1) is 5.92 Å². The van der Waals surface area contributed by atoms with E-state index in [0.29, 0.717) is 12.1 Å². The van der Waals surface area contributed by atoms with E-state index in [4.69, 9.17) is 0 Å². The highest BCUT2D eigenvalue weighted by atomic mass is 32.2. The molecule has 3 unspecified atom stereocenters. The van der Waals surface area contributed by atoms with E-state index in [1.165, 1.54) is 6.33 Å². The highest BCUT2D eigenvalue weighted by Gasteiger charge is 2.34. The van der Waals surface area contributed by atoms with Crippen molar-refractivity contribution in [3.8, 4) is 0 Å². The molecule has 3 atom stereocenters. The highest BCUT2D eigenvalue weighted by molar-refractivity contribution is 8.00. The summed E-state index contributed by atoms with van der Waals surface area (Å²) < 4.78 is 0. The topological polar surface area (TPSA) is 78.4 Å². The summed E-state index contributed by atoms with van der Waals surface area (Å²) in [7, 11) is 1.79. The second-order valence-corrected chi connectivity index (χ2v) is 7.75. The maximum atomic E-state index is 12.9. The summed E-state index contributed by atoms with van der Waals surface area (Å²) in [5.74, 6) is -0.102. The van der Waals surface area contributed by atoms with Crippen molar-refractivity contribution >= 4 is 23.4 Å². The molecule has 0 fully saturated rings. The second kappa shape index (κ2) is 7.64. The molecule has 1 aromatic heterocycles. The summed E-state index contributed by atoms with van der Waals surface area (Å²) >= 11 is 1.68. The minimum atomic E-state index is -0.852. The molecule has 138 valence electrons. The summed E-state index contributed by atoms with van der Waals surface area (Å²) in [6.45, 7) is 0.447. The zero-order valence-corrected chi connectivity index (χ0v) is 15.6. The molecule has 7 heteroatoms. The molecule has 0 saturated carbocycles. The van der Waals surface area contributed by atoms with Crippen LogP contribution in [0.4, 0.5) is 5.69 Å². The predicted molar refractivity (Wildman–Crippen MR) is 105 cm³/mol. The summed E-state index contributed by atoms with van der Waals surface area (Å²) in [4.78, 5) is 23.5. The van der Waals surface area contributed by atoms with Crippen LogP contribution < -0.4 is 10.2 Å². The number of aliphatic hydroxyl groups excluding tert-OH is 1. The van der Waals surface area contributed by atoms with Crippen LogP contribution in [0.2, 0.25) is 0 Å². The lowest BCUT2D eigenvalue weighted by Crippen LogP contribution is -2.35. The maximum absolute atomic E-state index is 12.9. The van der Waals surface area contributed by atoms with Crippen LogP contribution >= 0.6 is 11.8 Å². The van der Waals surface area contributed by atoms with Gasteiger partial charge in [0.05, 0.1) is 11.6 Å². The lowest BCUT2D eigenvalue weighted by atomic mass is 9.98. The van der Waals surface area contributed by atoms with Gasteiger partial charge in [0.15, 0.2) is 0 Å². The molecule has 0 radical (unpaired) electrons. The molecule has 2 aromatic rings. The molecule has 0 bridgehead atoms. The molecule has 2 N–H and O–H groups in total. The van der Waals surface area contributed by atoms with Crippen LogP contribution in [-0.4, -0.2) is 33.3 Å². The molecule has 1 aromatic carbocycles. The number of carbonyl (C=O) groups excluding carboxylic acids is 1. The summed E-state index contributed by atoms with van der Waals surface area (Å²) in [5, 5.41) is 13.7. The van der Waals surface area contributed by atoms with E-state index in [-0.39, 0.29) is 17.1 Å². The molecular formula is C20H20N4O2S. The third kappa shape index (κ3) is 3.66. The Balaban J connectivity index is 1.56. The van der Waals surface area contributed by atoms with Gasteiger partial charge < -0.3 is 10.0 Å². The van der Waals surface area contributed by atoms with Gasteiger partial charge in [-0.05, 0) is 17.7 Å². The van der Waals surface area contributed by atoms with Crippen LogP contribution in [0.3, 0.4) is 0 Å². The van der Waals surface area contributed by atoms with E-state index >= 15 is 0 Å². The van der Waals surface area contributed by atoms with Gasteiger partial charge in [0.1, 0.15) is 12.6 Å². The Morgan fingerprint density at radius 1 is 1.26 bits per heavy atom. The van der Waals surface area contributed by atoms with Gasteiger partial charge in [-0.2, -0.15) is 0 Å². The normalized spacial score (nSPS) is 22.1. The van der Waals surface area contributed by atoms with Crippen LogP contribution in [0.25, 0.3) is 0 Å². The predicted octanol–water partition coefficient (Wildman–Crippen LogP) is 2.44. The number of aliphatic hydroxyl groups is 1. The van der Waals surface area contributed by atoms with Gasteiger partial charge in [0.2, 0.25) is 5.91 Å². The lowest BCUT2D eigenvalue weighted by molar-refractivity contribution is -0.120. The number of anilines is 1. The van der Waals surface area contributed by atoms with Crippen molar-refractivity contribution in [2.24, 2.45) is 5.92 Å². The van der Waals surface area contributed by atoms with Gasteiger partial charge >= 0.3 is 0 Å². The zero-order valence-electron chi connectivity index (χ0n) is 14.8. The van der Waals surface area contributed by atoms with Gasteiger partial charge in [-0.15, -0.1) is 11.8 Å². The monoisotopic (exact) mass is 380 g/mol. The van der Waals surface area contributed by atoms with Crippen molar-refractivity contribution in [3.63, 3.8) is 0 Å². The molecule has 4 rings (SSSR count). The number of nitrogens with zero attached hydrogens (tertiary/aromatic N) is 3. The molecule has 2 aliphatic rings. The highest BCUT2D eigenvalue weighted by Crippen LogP contribution is 2.42. The molecule has 6 nitrogen and oxygen atoms in total. The van der Waals surface area contributed by atoms with Crippen LogP contribution in [0.15, 0.2) is 66.1 Å². The number of rotatable bonds is 4. The Morgan fingerprint density at radius 2 is 2.04 bits per heavy atom. The number of hydrogen-bond acceptors (Lipinski definition) is 6. The average Bonchev–Trinajstić information content (AvgIpc) is 2.82. The van der Waals surface area contributed by atoms with Gasteiger partial charge in [-0.3, -0.25) is 10.1 Å². The molecule has 27 heavy (non-hydrogen) atoms. The average molecular weight is 380 g/mol. The summed E-state index contributed by atoms with van der Waals surface area (Å²) in [5.41, 5.74) is 2.42. The number of allylic oxidation sites excluding steroid dienone is 2. The number of aromatic nitrogens is 2. The standard InChI is InChI=1S/C20H20N4O2S/c1-24-16-8-14(19(25)23-11-13-9-21-12-22-10-13)6-7-18(16)27-17-5-3-2-4-15(17)20(24)26/h2-10,12,15,17,19,23,25H,11H2,1H3. The van der Waals surface area contributed by atoms with Crippen molar-refractivity contribution in [1.82, 2.24) is 15.3 Å². The van der Waals surface area contributed by atoms with E-state index < -0.39 is 6.23 Å². The molecule has 1 amide bonds. The minimum absolute atomic E-state index is 0.0629. The number of carbonyl (C=O) groups is 1. The quantitative estimate of drug-likeness (QED) is 0.794. The van der Waals surface area contributed by atoms with Crippen LogP contribution in [-0.2, 0) is 11.3 Å². The van der Waals surface area contributed by atoms with E-state index in [0.717, 1.165) is 16.1 Å². The number of nitrogens with one attached hydrogen (secondary N) is 1. The van der Waals surface area contributed by atoms with E-state index in [2.05, 4.69) is 21.4 Å². The Bertz CT molecular complexity index is 900. The van der Waals surface area contributed by atoms with Gasteiger partial charge in [-0.1, -0.05) is 30.4 Å². The lowest BCUT2D eigenvalue weighted by Gasteiger charge is -2.23. The number of fused-ring (bicyclic) bond motifs is 2.